The van der Waals surface area contributed by atoms with Crippen LogP contribution < -0.4 is 15.4 Å². The van der Waals surface area contributed by atoms with E-state index >= 15 is 0 Å². The van der Waals surface area contributed by atoms with Gasteiger partial charge in [0.2, 0.25) is 11.8 Å². The lowest BCUT2D eigenvalue weighted by Gasteiger charge is -2.30. The van der Waals surface area contributed by atoms with Crippen molar-refractivity contribution in [3.05, 3.63) is 69.8 Å². The summed E-state index contributed by atoms with van der Waals surface area (Å²) in [6.07, 6.45) is -0.145. The van der Waals surface area contributed by atoms with E-state index in [0.29, 0.717) is 16.9 Å². The number of hydrogen-bond donors (Lipinski definition) is 3. The maximum Gasteiger partial charge on any atom is 0.325 e. The number of carbonyl (C=O) groups excluding carboxylic acids is 2. The number of aliphatic carboxylic acids is 1. The summed E-state index contributed by atoms with van der Waals surface area (Å²) in [6, 6.07) is 11.6. The largest absolute Gasteiger partial charge is 0.496 e. The molecule has 160 valence electrons. The molecule has 0 spiro atoms. The van der Waals surface area contributed by atoms with Gasteiger partial charge in [0.1, 0.15) is 11.3 Å². The van der Waals surface area contributed by atoms with Crippen LogP contribution in [-0.2, 0) is 20.8 Å². The number of para-hydroxylation sites is 1. The van der Waals surface area contributed by atoms with Crippen LogP contribution in [0.25, 0.3) is 0 Å². The highest BCUT2D eigenvalue weighted by molar-refractivity contribution is 6.09. The first-order chi connectivity index (χ1) is 14.8. The Kier molecular flexibility index (Phi) is 4.94. The summed E-state index contributed by atoms with van der Waals surface area (Å²) < 4.78 is 5.38. The standard InChI is InChI=1S/C21H19N3O7/c1-31-14-5-3-2-4-13(14)17-15-16(19(26)22-18(15)25)21(23-17,20(27)28)10-11-6-8-12(9-7-11)24(29)30/h2-9,15-17,23H,10H2,1H3,(H,27,28)(H,22,25,26). The number of ether oxygens (including phenoxy) is 1. The predicted molar refractivity (Wildman–Crippen MR) is 106 cm³/mol. The number of carbonyl (C=O) groups is 3. The van der Waals surface area contributed by atoms with Crippen molar-refractivity contribution in [2.45, 2.75) is 18.0 Å². The number of amides is 2. The second-order valence-electron chi connectivity index (χ2n) is 7.60. The monoisotopic (exact) mass is 425 g/mol. The summed E-state index contributed by atoms with van der Waals surface area (Å²) in [5.74, 6) is -4.15. The average molecular weight is 425 g/mol. The molecule has 4 atom stereocenters. The van der Waals surface area contributed by atoms with Crippen molar-refractivity contribution in [1.29, 1.82) is 0 Å². The van der Waals surface area contributed by atoms with Gasteiger partial charge < -0.3 is 9.84 Å². The number of nitro benzene ring substituents is 1. The third kappa shape index (κ3) is 3.21. The maximum atomic E-state index is 12.7. The van der Waals surface area contributed by atoms with E-state index in [4.69, 9.17) is 4.74 Å². The third-order valence-electron chi connectivity index (χ3n) is 5.98. The van der Waals surface area contributed by atoms with Crippen LogP contribution in [0.3, 0.4) is 0 Å². The van der Waals surface area contributed by atoms with Crippen LogP contribution >= 0.6 is 0 Å². The molecule has 2 fully saturated rings. The molecule has 4 rings (SSSR count). The van der Waals surface area contributed by atoms with Crippen LogP contribution in [0.15, 0.2) is 48.5 Å². The van der Waals surface area contributed by atoms with Gasteiger partial charge in [-0.15, -0.1) is 0 Å². The number of carboxylic acid groups (broad SMARTS) is 1. The van der Waals surface area contributed by atoms with Gasteiger partial charge in [-0.2, -0.15) is 0 Å². The van der Waals surface area contributed by atoms with Gasteiger partial charge in [-0.05, 0) is 11.6 Å². The molecule has 3 N–H and O–H groups in total. The molecule has 0 bridgehead atoms. The minimum absolute atomic E-state index is 0.133. The van der Waals surface area contributed by atoms with Crippen molar-refractivity contribution in [2.75, 3.05) is 7.11 Å². The number of imide groups is 1. The summed E-state index contributed by atoms with van der Waals surface area (Å²) in [4.78, 5) is 48.2. The number of nitrogens with zero attached hydrogens (tertiary/aromatic N) is 1. The molecule has 10 heteroatoms. The Bertz CT molecular complexity index is 1080. The average Bonchev–Trinajstić information content (AvgIpc) is 3.25. The Morgan fingerprint density at radius 1 is 1.16 bits per heavy atom. The Labute approximate surface area is 176 Å². The molecule has 0 radical (unpaired) electrons. The van der Waals surface area contributed by atoms with Crippen molar-refractivity contribution in [3.8, 4) is 5.75 Å². The van der Waals surface area contributed by atoms with Crippen molar-refractivity contribution in [3.63, 3.8) is 0 Å². The van der Waals surface area contributed by atoms with E-state index in [0.717, 1.165) is 0 Å². The quantitative estimate of drug-likeness (QED) is 0.355. The van der Waals surface area contributed by atoms with Crippen LogP contribution in [0.4, 0.5) is 5.69 Å². The zero-order valence-corrected chi connectivity index (χ0v) is 16.4. The van der Waals surface area contributed by atoms with E-state index in [-0.39, 0.29) is 12.1 Å². The first-order valence-electron chi connectivity index (χ1n) is 9.50. The van der Waals surface area contributed by atoms with Gasteiger partial charge in [0.25, 0.3) is 5.69 Å². The van der Waals surface area contributed by atoms with Gasteiger partial charge >= 0.3 is 5.97 Å². The van der Waals surface area contributed by atoms with Gasteiger partial charge in [-0.1, -0.05) is 30.3 Å². The summed E-state index contributed by atoms with van der Waals surface area (Å²) in [6.45, 7) is 0. The van der Waals surface area contributed by atoms with Crippen LogP contribution in [-0.4, -0.2) is 40.5 Å². The molecule has 0 aromatic heterocycles. The Morgan fingerprint density at radius 3 is 2.45 bits per heavy atom. The van der Waals surface area contributed by atoms with Gasteiger partial charge in [0, 0.05) is 30.2 Å². The SMILES string of the molecule is COc1ccccc1C1NC(Cc2ccc([N+](=O)[O-])cc2)(C(=O)O)C2C(=O)NC(=O)C12. The predicted octanol–water partition coefficient (Wildman–Crippen LogP) is 1.20. The molecular weight excluding hydrogens is 406 g/mol. The fourth-order valence-corrected chi connectivity index (χ4v) is 4.61. The highest BCUT2D eigenvalue weighted by Crippen LogP contribution is 2.49. The van der Waals surface area contributed by atoms with E-state index in [9.17, 15) is 29.6 Å². The molecule has 2 aliphatic heterocycles. The van der Waals surface area contributed by atoms with Gasteiger partial charge in [0.05, 0.1) is 23.9 Å². The summed E-state index contributed by atoms with van der Waals surface area (Å²) in [5.41, 5.74) is -0.877. The lowest BCUT2D eigenvalue weighted by atomic mass is 9.76. The van der Waals surface area contributed by atoms with E-state index < -0.39 is 46.1 Å². The second kappa shape index (κ2) is 7.47. The van der Waals surface area contributed by atoms with E-state index in [1.165, 1.54) is 31.4 Å². The topological polar surface area (TPSA) is 148 Å². The summed E-state index contributed by atoms with van der Waals surface area (Å²) in [7, 11) is 1.46. The fraction of sp³-hybridized carbons (Fsp3) is 0.286. The molecule has 2 saturated heterocycles. The maximum absolute atomic E-state index is 12.7. The van der Waals surface area contributed by atoms with Crippen molar-refractivity contribution in [1.82, 2.24) is 10.6 Å². The number of fused-ring (bicyclic) bond motifs is 1. The number of rotatable bonds is 6. The summed E-state index contributed by atoms with van der Waals surface area (Å²) in [5, 5.41) is 26.4. The molecule has 2 aromatic carbocycles. The molecule has 0 aliphatic carbocycles. The number of benzene rings is 2. The highest BCUT2D eigenvalue weighted by Gasteiger charge is 2.66. The molecule has 0 saturated carbocycles. The second-order valence-corrected chi connectivity index (χ2v) is 7.60. The summed E-state index contributed by atoms with van der Waals surface area (Å²) >= 11 is 0. The number of hydrogen-bond acceptors (Lipinski definition) is 7. The minimum atomic E-state index is -1.79. The minimum Gasteiger partial charge on any atom is -0.496 e. The zero-order valence-electron chi connectivity index (χ0n) is 16.4. The third-order valence-corrected chi connectivity index (χ3v) is 5.98. The van der Waals surface area contributed by atoms with E-state index in [2.05, 4.69) is 10.6 Å². The number of carboxylic acids is 1. The van der Waals surface area contributed by atoms with Crippen LogP contribution in [0, 0.1) is 22.0 Å². The number of nitrogens with one attached hydrogen (secondary N) is 2. The molecule has 2 aliphatic rings. The molecule has 10 nitrogen and oxygen atoms in total. The Morgan fingerprint density at radius 2 is 1.84 bits per heavy atom. The fourth-order valence-electron chi connectivity index (χ4n) is 4.61. The van der Waals surface area contributed by atoms with Crippen LogP contribution in [0.5, 0.6) is 5.75 Å². The zero-order chi connectivity index (χ0) is 22.3. The Hall–Kier alpha value is -3.79. The molecular formula is C21H19N3O7. The molecule has 4 unspecified atom stereocenters. The lowest BCUT2D eigenvalue weighted by molar-refractivity contribution is -0.384. The molecule has 2 amide bonds. The van der Waals surface area contributed by atoms with Gasteiger partial charge in [0.15, 0.2) is 0 Å². The first-order valence-corrected chi connectivity index (χ1v) is 9.50. The van der Waals surface area contributed by atoms with Crippen molar-refractivity contribution >= 4 is 23.5 Å². The lowest BCUT2D eigenvalue weighted by Crippen LogP contribution is -2.57. The number of methoxy groups -OCH3 is 1. The van der Waals surface area contributed by atoms with Crippen LogP contribution in [0.2, 0.25) is 0 Å². The highest BCUT2D eigenvalue weighted by atomic mass is 16.6. The van der Waals surface area contributed by atoms with E-state index in [1.807, 2.05) is 0 Å². The first kappa shape index (κ1) is 20.5. The number of nitro groups is 1. The van der Waals surface area contributed by atoms with E-state index in [1.54, 1.807) is 24.3 Å². The van der Waals surface area contributed by atoms with Crippen molar-refractivity contribution in [2.24, 2.45) is 11.8 Å². The van der Waals surface area contributed by atoms with Gasteiger partial charge in [-0.3, -0.25) is 35.1 Å². The molecule has 2 heterocycles. The number of non-ortho nitro benzene ring substituents is 1. The van der Waals surface area contributed by atoms with Crippen molar-refractivity contribution < 1.29 is 29.2 Å². The smallest absolute Gasteiger partial charge is 0.325 e. The normalized spacial score (nSPS) is 26.9. The molecule has 31 heavy (non-hydrogen) atoms. The van der Waals surface area contributed by atoms with Gasteiger partial charge in [-0.25, -0.2) is 0 Å². The van der Waals surface area contributed by atoms with Crippen LogP contribution in [0.1, 0.15) is 17.2 Å². The molecule has 2 aromatic rings. The Balaban J connectivity index is 1.80.